The molecule has 0 radical (unpaired) electrons. The molecule has 146 valence electrons. The van der Waals surface area contributed by atoms with Crippen LogP contribution in [-0.4, -0.2) is 49.5 Å². The molecule has 1 aromatic carbocycles. The maximum absolute atomic E-state index is 11.3. The van der Waals surface area contributed by atoms with Crippen LogP contribution < -0.4 is 0 Å². The van der Waals surface area contributed by atoms with Crippen molar-refractivity contribution in [3.05, 3.63) is 41.6 Å². The van der Waals surface area contributed by atoms with Crippen molar-refractivity contribution in [1.29, 1.82) is 0 Å². The number of hydrogen-bond donors (Lipinski definition) is 1. The van der Waals surface area contributed by atoms with Crippen LogP contribution in [0.2, 0.25) is 45.3 Å². The fourth-order valence-corrected chi connectivity index (χ4v) is 13.6. The average molecular weight is 413 g/mol. The van der Waals surface area contributed by atoms with E-state index in [1.165, 1.54) is 0 Å². The van der Waals surface area contributed by atoms with Crippen molar-refractivity contribution in [1.82, 2.24) is 0 Å². The van der Waals surface area contributed by atoms with Crippen LogP contribution in [0, 0.1) is 0 Å². The normalized spacial score (nSPS) is 13.2. The molecular formula is C18H32O5Si3. The maximum Gasteiger partial charge on any atom is 0.347 e. The number of ether oxygens (including phenoxy) is 1. The number of carbonyl (C=O) groups excluding carboxylic acids is 1. The summed E-state index contributed by atoms with van der Waals surface area (Å²) in [5, 5.41) is 8.86. The number of aliphatic hydroxyl groups is 1. The molecule has 8 heteroatoms. The van der Waals surface area contributed by atoms with Gasteiger partial charge in [-0.15, -0.1) is 0 Å². The smallest absolute Gasteiger partial charge is 0.347 e. The number of rotatable bonds is 10. The molecule has 0 unspecified atom stereocenters. The minimum absolute atomic E-state index is 0.180. The third-order valence-electron chi connectivity index (χ3n) is 3.13. The zero-order valence-corrected chi connectivity index (χ0v) is 19.7. The van der Waals surface area contributed by atoms with E-state index in [1.54, 1.807) is 0 Å². The summed E-state index contributed by atoms with van der Waals surface area (Å²) in [7, 11) is -6.54. The first-order chi connectivity index (χ1) is 11.9. The predicted molar refractivity (Wildman–Crippen MR) is 113 cm³/mol. The fraction of sp³-hybridized carbons (Fsp3) is 0.500. The zero-order chi connectivity index (χ0) is 19.8. The third kappa shape index (κ3) is 9.60. The summed E-state index contributed by atoms with van der Waals surface area (Å²) in [5.41, 5.74) is 3.15. The van der Waals surface area contributed by atoms with Gasteiger partial charge in [-0.25, -0.2) is 4.79 Å². The lowest BCUT2D eigenvalue weighted by Crippen LogP contribution is -2.54. The summed E-state index contributed by atoms with van der Waals surface area (Å²) in [6.45, 7) is 12.4. The summed E-state index contributed by atoms with van der Waals surface area (Å²) < 4.78 is 18.3. The quantitative estimate of drug-likeness (QED) is 0.466. The molecule has 5 nitrogen and oxygen atoms in total. The summed E-state index contributed by atoms with van der Waals surface area (Å²) in [6, 6.07) is 10.5. The van der Waals surface area contributed by atoms with Crippen LogP contribution in [0.15, 0.2) is 36.0 Å². The second-order valence-corrected chi connectivity index (χ2v) is 20.7. The summed E-state index contributed by atoms with van der Waals surface area (Å²) in [5.74, 6) is -0.624. The van der Waals surface area contributed by atoms with E-state index in [4.69, 9.17) is 18.1 Å². The van der Waals surface area contributed by atoms with Gasteiger partial charge in [0.2, 0.25) is 0 Å². The zero-order valence-electron chi connectivity index (χ0n) is 16.7. The topological polar surface area (TPSA) is 65.0 Å². The SMILES string of the molecule is C[Si](C)(C)O[Si](C=Cc1ccccc1)(CCOC(=O)CO)O[Si](C)(C)C. The monoisotopic (exact) mass is 412 g/mol. The standard InChI is InChI=1S/C18H32O5Si3/c1-24(2,3)22-26(23-25(4,5)6,15-13-21-18(20)16-19)14-12-17-10-8-7-9-11-17/h7-12,14,19H,13,15-16H2,1-6H3. The van der Waals surface area contributed by atoms with Crippen LogP contribution in [0.3, 0.4) is 0 Å². The molecule has 0 aromatic heterocycles. The van der Waals surface area contributed by atoms with E-state index in [-0.39, 0.29) is 6.61 Å². The van der Waals surface area contributed by atoms with Gasteiger partial charge in [0, 0.05) is 6.04 Å². The van der Waals surface area contributed by atoms with Gasteiger partial charge in [0.1, 0.15) is 6.61 Å². The molecule has 0 atom stereocenters. The molecule has 1 rings (SSSR count). The largest absolute Gasteiger partial charge is 0.464 e. The number of esters is 1. The minimum atomic E-state index is -2.74. The van der Waals surface area contributed by atoms with Crippen LogP contribution in [0.4, 0.5) is 0 Å². The van der Waals surface area contributed by atoms with Crippen molar-refractivity contribution in [3.63, 3.8) is 0 Å². The molecule has 0 saturated heterocycles. The molecular weight excluding hydrogens is 380 g/mol. The Morgan fingerprint density at radius 1 is 1.00 bits per heavy atom. The van der Waals surface area contributed by atoms with E-state index < -0.39 is 37.8 Å². The Labute approximate surface area is 160 Å². The molecule has 0 aliphatic carbocycles. The fourth-order valence-electron chi connectivity index (χ4n) is 2.45. The Bertz CT molecular complexity index is 575. The van der Waals surface area contributed by atoms with E-state index in [2.05, 4.69) is 45.0 Å². The average Bonchev–Trinajstić information content (AvgIpc) is 2.50. The van der Waals surface area contributed by atoms with Gasteiger partial charge in [-0.2, -0.15) is 0 Å². The van der Waals surface area contributed by atoms with Crippen molar-refractivity contribution in [3.8, 4) is 0 Å². The molecule has 0 amide bonds. The van der Waals surface area contributed by atoms with Gasteiger partial charge in [0.25, 0.3) is 0 Å². The second kappa shape index (κ2) is 9.77. The lowest BCUT2D eigenvalue weighted by Gasteiger charge is -2.38. The van der Waals surface area contributed by atoms with Gasteiger partial charge >= 0.3 is 14.5 Å². The van der Waals surface area contributed by atoms with Gasteiger partial charge < -0.3 is 18.1 Å². The van der Waals surface area contributed by atoms with Crippen molar-refractivity contribution in [2.45, 2.75) is 45.3 Å². The molecule has 1 aromatic rings. The van der Waals surface area contributed by atoms with Crippen molar-refractivity contribution < 1.29 is 22.9 Å². The van der Waals surface area contributed by atoms with E-state index in [9.17, 15) is 4.79 Å². The van der Waals surface area contributed by atoms with Gasteiger partial charge in [0.15, 0.2) is 16.6 Å². The molecule has 0 saturated carbocycles. The van der Waals surface area contributed by atoms with Gasteiger partial charge in [-0.1, -0.05) is 36.4 Å². The highest BCUT2D eigenvalue weighted by atomic mass is 28.5. The number of aliphatic hydroxyl groups excluding tert-OH is 1. The maximum atomic E-state index is 11.3. The van der Waals surface area contributed by atoms with Gasteiger partial charge in [-0.3, -0.25) is 0 Å². The Hall–Kier alpha value is -1.04. The highest BCUT2D eigenvalue weighted by Crippen LogP contribution is 2.26. The predicted octanol–water partition coefficient (Wildman–Crippen LogP) is 3.92. The summed E-state index contributed by atoms with van der Waals surface area (Å²) >= 11 is 0. The molecule has 0 aliphatic rings. The van der Waals surface area contributed by atoms with E-state index >= 15 is 0 Å². The van der Waals surface area contributed by atoms with Crippen molar-refractivity contribution in [2.75, 3.05) is 13.2 Å². The molecule has 0 spiro atoms. The molecule has 0 heterocycles. The van der Waals surface area contributed by atoms with E-state index in [0.29, 0.717) is 6.04 Å². The Morgan fingerprint density at radius 2 is 1.54 bits per heavy atom. The first-order valence-corrected chi connectivity index (χ1v) is 17.8. The molecule has 1 N–H and O–H groups in total. The lowest BCUT2D eigenvalue weighted by molar-refractivity contribution is -0.146. The Morgan fingerprint density at radius 3 is 2.00 bits per heavy atom. The lowest BCUT2D eigenvalue weighted by atomic mass is 10.2. The number of hydrogen-bond acceptors (Lipinski definition) is 5. The Kier molecular flexibility index (Phi) is 8.64. The van der Waals surface area contributed by atoms with Crippen LogP contribution >= 0.6 is 0 Å². The highest BCUT2D eigenvalue weighted by Gasteiger charge is 2.42. The highest BCUT2D eigenvalue weighted by molar-refractivity contribution is 6.90. The molecule has 26 heavy (non-hydrogen) atoms. The van der Waals surface area contributed by atoms with Gasteiger partial charge in [0.05, 0.1) is 6.61 Å². The van der Waals surface area contributed by atoms with Crippen molar-refractivity contribution in [2.24, 2.45) is 0 Å². The third-order valence-corrected chi connectivity index (χ3v) is 12.4. The first-order valence-electron chi connectivity index (χ1n) is 8.86. The van der Waals surface area contributed by atoms with Crippen LogP contribution in [0.1, 0.15) is 5.56 Å². The summed E-state index contributed by atoms with van der Waals surface area (Å²) in [4.78, 5) is 11.3. The van der Waals surface area contributed by atoms with Gasteiger partial charge in [-0.05, 0) is 50.5 Å². The van der Waals surface area contributed by atoms with E-state index in [1.807, 2.05) is 36.4 Å². The second-order valence-electron chi connectivity index (χ2n) is 8.11. The van der Waals surface area contributed by atoms with Crippen molar-refractivity contribution >= 4 is 37.2 Å². The minimum Gasteiger partial charge on any atom is -0.464 e. The Balaban J connectivity index is 3.14. The first kappa shape index (κ1) is 23.0. The molecule has 0 fully saturated rings. The number of carbonyl (C=O) groups is 1. The number of benzene rings is 1. The van der Waals surface area contributed by atoms with Crippen LogP contribution in [0.5, 0.6) is 0 Å². The van der Waals surface area contributed by atoms with E-state index in [0.717, 1.165) is 5.56 Å². The van der Waals surface area contributed by atoms with Crippen LogP contribution in [-0.2, 0) is 17.8 Å². The summed E-state index contributed by atoms with van der Waals surface area (Å²) in [6.07, 6.45) is 2.04. The molecule has 0 aliphatic heterocycles. The van der Waals surface area contributed by atoms with Crippen LogP contribution in [0.25, 0.3) is 6.08 Å². The molecule has 0 bridgehead atoms.